The van der Waals surface area contributed by atoms with Gasteiger partial charge in [-0.15, -0.1) is 0 Å². The van der Waals surface area contributed by atoms with Crippen molar-refractivity contribution in [1.29, 1.82) is 0 Å². The molecule has 0 fully saturated rings. The fourth-order valence-corrected chi connectivity index (χ4v) is 9.74. The quantitative estimate of drug-likeness (QED) is 0.0386. The molecule has 0 saturated carbocycles. The van der Waals surface area contributed by atoms with Crippen molar-refractivity contribution in [1.82, 2.24) is 10.6 Å². The first-order valence-corrected chi connectivity index (χ1v) is 30.4. The monoisotopic (exact) mass is 973 g/mol. The molecular formula is C64H112N2O4. The van der Waals surface area contributed by atoms with Gasteiger partial charge in [0, 0.05) is 37.1 Å². The molecule has 1 aromatic carbocycles. The van der Waals surface area contributed by atoms with Crippen LogP contribution in [0.3, 0.4) is 0 Å². The number of Topliss-reactive ketones (excluding diaryl/α,β-unsaturated/α-hetero) is 2. The molecule has 1 rings (SSSR count). The number of carbonyl (C=O) groups excluding carboxylic acids is 4. The molecular weight excluding hydrogens is 861 g/mol. The Labute approximate surface area is 433 Å². The van der Waals surface area contributed by atoms with E-state index in [-0.39, 0.29) is 45.6 Å². The second kappa shape index (κ2) is 47.0. The van der Waals surface area contributed by atoms with Crippen molar-refractivity contribution in [3.8, 4) is 0 Å². The van der Waals surface area contributed by atoms with E-state index >= 15 is 0 Å². The minimum absolute atomic E-state index is 0.114. The Balaban J connectivity index is 2.99. The predicted octanol–water partition coefficient (Wildman–Crippen LogP) is 19.6. The SMILES string of the molecule is CCCCCCCC/C=C\CCCCCCCCCC(=O)c1cc(C(=O)CCC(CC)CCCC)c(C(=O)NCCCCCCCC/C=C\CCCCCCCC)cc1C(=O)NCC(CC)CCCC. The number of hydrogen-bond donors (Lipinski definition) is 2. The molecule has 0 radical (unpaired) electrons. The zero-order valence-corrected chi connectivity index (χ0v) is 47.0. The first-order chi connectivity index (χ1) is 34.3. The van der Waals surface area contributed by atoms with E-state index in [1.807, 2.05) is 0 Å². The fraction of sp³-hybridized carbons (Fsp3) is 0.781. The van der Waals surface area contributed by atoms with Crippen LogP contribution in [0.1, 0.15) is 340 Å². The van der Waals surface area contributed by atoms with Gasteiger partial charge in [-0.3, -0.25) is 19.2 Å². The molecule has 2 unspecified atom stereocenters. The van der Waals surface area contributed by atoms with Crippen molar-refractivity contribution in [2.45, 2.75) is 298 Å². The van der Waals surface area contributed by atoms with Crippen molar-refractivity contribution < 1.29 is 19.2 Å². The predicted molar refractivity (Wildman–Crippen MR) is 304 cm³/mol. The summed E-state index contributed by atoms with van der Waals surface area (Å²) in [6.07, 6.45) is 54.6. The minimum Gasteiger partial charge on any atom is -0.352 e. The lowest BCUT2D eigenvalue weighted by molar-refractivity contribution is 0.0915. The van der Waals surface area contributed by atoms with Gasteiger partial charge >= 0.3 is 0 Å². The minimum atomic E-state index is -0.333. The van der Waals surface area contributed by atoms with Crippen molar-refractivity contribution in [3.63, 3.8) is 0 Å². The molecule has 0 aliphatic heterocycles. The molecule has 0 aliphatic rings. The van der Waals surface area contributed by atoms with Crippen LogP contribution >= 0.6 is 0 Å². The van der Waals surface area contributed by atoms with Crippen LogP contribution in [-0.2, 0) is 0 Å². The first kappa shape index (κ1) is 65.0. The lowest BCUT2D eigenvalue weighted by Crippen LogP contribution is -2.32. The summed E-state index contributed by atoms with van der Waals surface area (Å²) >= 11 is 0. The van der Waals surface area contributed by atoms with E-state index in [0.717, 1.165) is 109 Å². The lowest BCUT2D eigenvalue weighted by atomic mass is 9.88. The number of unbranched alkanes of at least 4 members (excludes halogenated alkanes) is 27. The van der Waals surface area contributed by atoms with Crippen LogP contribution in [0.25, 0.3) is 0 Å². The number of ketones is 2. The van der Waals surface area contributed by atoms with Crippen LogP contribution in [0.4, 0.5) is 0 Å². The summed E-state index contributed by atoms with van der Waals surface area (Å²) in [7, 11) is 0. The molecule has 6 nitrogen and oxygen atoms in total. The van der Waals surface area contributed by atoms with E-state index in [4.69, 9.17) is 0 Å². The average Bonchev–Trinajstić information content (AvgIpc) is 3.37. The van der Waals surface area contributed by atoms with E-state index in [9.17, 15) is 19.2 Å². The molecule has 70 heavy (non-hydrogen) atoms. The third kappa shape index (κ3) is 33.6. The van der Waals surface area contributed by atoms with E-state index < -0.39 is 0 Å². The number of hydrogen-bond acceptors (Lipinski definition) is 4. The van der Waals surface area contributed by atoms with Crippen molar-refractivity contribution in [3.05, 3.63) is 58.7 Å². The van der Waals surface area contributed by atoms with Gasteiger partial charge in [-0.2, -0.15) is 0 Å². The molecule has 2 N–H and O–H groups in total. The molecule has 402 valence electrons. The number of benzene rings is 1. The Morgan fingerprint density at radius 1 is 0.371 bits per heavy atom. The second-order valence-corrected chi connectivity index (χ2v) is 21.1. The summed E-state index contributed by atoms with van der Waals surface area (Å²) in [6, 6.07) is 3.21. The van der Waals surface area contributed by atoms with E-state index in [1.165, 1.54) is 135 Å². The van der Waals surface area contributed by atoms with Gasteiger partial charge in [0.05, 0.1) is 11.1 Å². The summed E-state index contributed by atoms with van der Waals surface area (Å²) in [5.74, 6) is -0.112. The molecule has 2 amide bonds. The number of allylic oxidation sites excluding steroid dienone is 4. The zero-order valence-electron chi connectivity index (χ0n) is 47.0. The lowest BCUT2D eigenvalue weighted by Gasteiger charge is -2.19. The number of amides is 2. The van der Waals surface area contributed by atoms with Gasteiger partial charge in [-0.25, -0.2) is 0 Å². The Hall–Kier alpha value is -3.02. The number of nitrogens with one attached hydrogen (secondary N) is 2. The standard InChI is InChI=1S/C64H112N2O4/c1-7-13-17-19-21-23-25-27-29-31-32-34-36-38-40-42-44-48-61(67)57-52-58(62(68)50-49-55(11-5)46-15-9-3)59(53-60(57)64(70)66-54-56(12-6)47-16-10-4)63(69)65-51-45-43-41-39-37-35-33-30-28-26-24-22-20-18-14-8-2/h27-30,52-53,55-56H,7-26,31-51,54H2,1-6H3,(H,65,69)(H,66,70)/b29-27-,30-28-. The van der Waals surface area contributed by atoms with Crippen LogP contribution < -0.4 is 10.6 Å². The summed E-state index contributed by atoms with van der Waals surface area (Å²) in [6.45, 7) is 14.3. The van der Waals surface area contributed by atoms with E-state index in [2.05, 4.69) is 76.5 Å². The van der Waals surface area contributed by atoms with Crippen molar-refractivity contribution >= 4 is 23.4 Å². The van der Waals surface area contributed by atoms with Gasteiger partial charge in [0.2, 0.25) is 0 Å². The molecule has 0 spiro atoms. The first-order valence-electron chi connectivity index (χ1n) is 30.4. The molecule has 0 bridgehead atoms. The average molecular weight is 974 g/mol. The maximum absolute atomic E-state index is 14.2. The van der Waals surface area contributed by atoms with Gasteiger partial charge in [-0.05, 0) is 101 Å². The van der Waals surface area contributed by atoms with Crippen LogP contribution in [-0.4, -0.2) is 36.5 Å². The highest BCUT2D eigenvalue weighted by atomic mass is 16.2. The molecule has 1 aromatic rings. The highest BCUT2D eigenvalue weighted by molar-refractivity contribution is 6.14. The smallest absolute Gasteiger partial charge is 0.252 e. The fourth-order valence-electron chi connectivity index (χ4n) is 9.74. The van der Waals surface area contributed by atoms with E-state index in [0.29, 0.717) is 37.8 Å². The summed E-state index contributed by atoms with van der Waals surface area (Å²) in [4.78, 5) is 56.7. The maximum atomic E-state index is 14.2. The second-order valence-electron chi connectivity index (χ2n) is 21.1. The Morgan fingerprint density at radius 3 is 1.17 bits per heavy atom. The molecule has 0 heterocycles. The third-order valence-electron chi connectivity index (χ3n) is 14.8. The van der Waals surface area contributed by atoms with Gasteiger partial charge in [0.15, 0.2) is 11.6 Å². The van der Waals surface area contributed by atoms with Gasteiger partial charge in [0.1, 0.15) is 0 Å². The molecule has 0 saturated heterocycles. The highest BCUT2D eigenvalue weighted by Crippen LogP contribution is 2.26. The third-order valence-corrected chi connectivity index (χ3v) is 14.8. The van der Waals surface area contributed by atoms with Crippen molar-refractivity contribution in [2.24, 2.45) is 11.8 Å². The summed E-state index contributed by atoms with van der Waals surface area (Å²) < 4.78 is 0. The normalized spacial score (nSPS) is 12.5. The van der Waals surface area contributed by atoms with Gasteiger partial charge < -0.3 is 10.6 Å². The van der Waals surface area contributed by atoms with E-state index in [1.54, 1.807) is 12.1 Å². The topological polar surface area (TPSA) is 92.3 Å². The molecule has 0 aromatic heterocycles. The van der Waals surface area contributed by atoms with Crippen LogP contribution in [0, 0.1) is 11.8 Å². The summed E-state index contributed by atoms with van der Waals surface area (Å²) in [5, 5.41) is 6.26. The molecule has 6 heteroatoms. The number of carbonyl (C=O) groups is 4. The maximum Gasteiger partial charge on any atom is 0.252 e. The van der Waals surface area contributed by atoms with Gasteiger partial charge in [-0.1, -0.05) is 233 Å². The van der Waals surface area contributed by atoms with Crippen molar-refractivity contribution in [2.75, 3.05) is 13.1 Å². The molecule has 2 atom stereocenters. The Bertz CT molecular complexity index is 1400. The number of rotatable bonds is 50. The Kier molecular flexibility index (Phi) is 43.7. The molecule has 0 aliphatic carbocycles. The van der Waals surface area contributed by atoms with Crippen LogP contribution in [0.15, 0.2) is 36.4 Å². The highest BCUT2D eigenvalue weighted by Gasteiger charge is 2.26. The zero-order chi connectivity index (χ0) is 51.1. The Morgan fingerprint density at radius 2 is 0.729 bits per heavy atom. The summed E-state index contributed by atoms with van der Waals surface area (Å²) in [5.41, 5.74) is 1.03. The van der Waals surface area contributed by atoms with Gasteiger partial charge in [0.25, 0.3) is 11.8 Å². The van der Waals surface area contributed by atoms with Crippen LogP contribution in [0.2, 0.25) is 0 Å². The largest absolute Gasteiger partial charge is 0.352 e. The van der Waals surface area contributed by atoms with Crippen LogP contribution in [0.5, 0.6) is 0 Å².